The Morgan fingerprint density at radius 3 is 2.47 bits per heavy atom. The molecule has 7 nitrogen and oxygen atoms in total. The van der Waals surface area contributed by atoms with Crippen LogP contribution in [-0.4, -0.2) is 35.0 Å². The van der Waals surface area contributed by atoms with Crippen LogP contribution >= 0.6 is 23.1 Å². The van der Waals surface area contributed by atoms with Crippen LogP contribution in [0.2, 0.25) is 0 Å². The molecular weight excluding hydrogens is 444 g/mol. The Bertz CT molecular complexity index is 1070. The van der Waals surface area contributed by atoms with Crippen molar-refractivity contribution in [3.8, 4) is 0 Å². The highest BCUT2D eigenvalue weighted by molar-refractivity contribution is 8.01. The Kier molecular flexibility index (Phi) is 8.82. The maximum atomic E-state index is 12.2. The molecule has 1 aromatic heterocycles. The van der Waals surface area contributed by atoms with E-state index in [-0.39, 0.29) is 29.9 Å². The minimum atomic E-state index is -0.176. The SMILES string of the molecule is CC(=O)Nc1cccc(NC(=O)CSc2nc(CC(=O)NCCc3ccccc3)cs2)c1. The van der Waals surface area contributed by atoms with E-state index in [1.807, 2.05) is 35.7 Å². The van der Waals surface area contributed by atoms with Crippen molar-refractivity contribution in [2.75, 3.05) is 22.9 Å². The van der Waals surface area contributed by atoms with Crippen molar-refractivity contribution >= 4 is 52.2 Å². The highest BCUT2D eigenvalue weighted by Crippen LogP contribution is 2.23. The summed E-state index contributed by atoms with van der Waals surface area (Å²) in [6.45, 7) is 2.01. The molecule has 3 aromatic rings. The number of hydrogen-bond acceptors (Lipinski definition) is 6. The molecule has 0 saturated heterocycles. The molecule has 0 spiro atoms. The highest BCUT2D eigenvalue weighted by Gasteiger charge is 2.10. The van der Waals surface area contributed by atoms with Gasteiger partial charge in [0.05, 0.1) is 17.9 Å². The van der Waals surface area contributed by atoms with Gasteiger partial charge in [-0.25, -0.2) is 4.98 Å². The molecule has 32 heavy (non-hydrogen) atoms. The lowest BCUT2D eigenvalue weighted by molar-refractivity contribution is -0.120. The standard InChI is InChI=1S/C23H24N4O3S2/c1-16(28)25-18-8-5-9-19(12-18)26-22(30)15-32-23-27-20(14-31-23)13-21(29)24-11-10-17-6-3-2-4-7-17/h2-9,12,14H,10-11,13,15H2,1H3,(H,24,29)(H,25,28)(H,26,30). The van der Waals surface area contributed by atoms with E-state index < -0.39 is 0 Å². The van der Waals surface area contributed by atoms with Crippen LogP contribution in [0.5, 0.6) is 0 Å². The Labute approximate surface area is 195 Å². The van der Waals surface area contributed by atoms with Gasteiger partial charge in [0.15, 0.2) is 4.34 Å². The second-order valence-corrected chi connectivity index (χ2v) is 9.05. The molecule has 0 aliphatic carbocycles. The largest absolute Gasteiger partial charge is 0.355 e. The topological polar surface area (TPSA) is 100 Å². The van der Waals surface area contributed by atoms with Gasteiger partial charge in [0.1, 0.15) is 0 Å². The molecule has 0 fully saturated rings. The molecule has 1 heterocycles. The predicted octanol–water partition coefficient (Wildman–Crippen LogP) is 3.73. The number of rotatable bonds is 10. The predicted molar refractivity (Wildman–Crippen MR) is 129 cm³/mol. The summed E-state index contributed by atoms with van der Waals surface area (Å²) in [7, 11) is 0. The van der Waals surface area contributed by atoms with Crippen molar-refractivity contribution in [3.63, 3.8) is 0 Å². The van der Waals surface area contributed by atoms with Gasteiger partial charge in [-0.2, -0.15) is 0 Å². The fourth-order valence-corrected chi connectivity index (χ4v) is 4.50. The van der Waals surface area contributed by atoms with Crippen LogP contribution in [0.15, 0.2) is 64.3 Å². The maximum Gasteiger partial charge on any atom is 0.234 e. The lowest BCUT2D eigenvalue weighted by atomic mass is 10.1. The van der Waals surface area contributed by atoms with Gasteiger partial charge in [0.2, 0.25) is 17.7 Å². The molecular formula is C23H24N4O3S2. The molecule has 0 radical (unpaired) electrons. The molecule has 9 heteroatoms. The van der Waals surface area contributed by atoms with E-state index in [9.17, 15) is 14.4 Å². The normalized spacial score (nSPS) is 10.4. The van der Waals surface area contributed by atoms with Crippen LogP contribution in [0.25, 0.3) is 0 Å². The summed E-state index contributed by atoms with van der Waals surface area (Å²) in [5.74, 6) is -0.223. The fraction of sp³-hybridized carbons (Fsp3) is 0.217. The molecule has 0 aliphatic rings. The average Bonchev–Trinajstić information content (AvgIpc) is 3.20. The molecule has 3 N–H and O–H groups in total. The lowest BCUT2D eigenvalue weighted by Crippen LogP contribution is -2.27. The van der Waals surface area contributed by atoms with Crippen LogP contribution in [0.1, 0.15) is 18.2 Å². The minimum absolute atomic E-state index is 0.0698. The summed E-state index contributed by atoms with van der Waals surface area (Å²) in [4.78, 5) is 40.0. The lowest BCUT2D eigenvalue weighted by Gasteiger charge is -2.07. The summed E-state index contributed by atoms with van der Waals surface area (Å²) < 4.78 is 0.735. The molecule has 0 bridgehead atoms. The van der Waals surface area contributed by atoms with Crippen molar-refractivity contribution in [3.05, 3.63) is 71.2 Å². The molecule has 3 amide bonds. The van der Waals surface area contributed by atoms with Gasteiger partial charge >= 0.3 is 0 Å². The monoisotopic (exact) mass is 468 g/mol. The summed E-state index contributed by atoms with van der Waals surface area (Å²) >= 11 is 2.73. The molecule has 2 aromatic carbocycles. The van der Waals surface area contributed by atoms with Crippen LogP contribution in [-0.2, 0) is 27.2 Å². The number of thioether (sulfide) groups is 1. The molecule has 0 unspecified atom stereocenters. The van der Waals surface area contributed by atoms with Crippen LogP contribution in [0.3, 0.4) is 0 Å². The minimum Gasteiger partial charge on any atom is -0.355 e. The quantitative estimate of drug-likeness (QED) is 0.394. The first-order valence-electron chi connectivity index (χ1n) is 10.0. The van der Waals surface area contributed by atoms with E-state index in [4.69, 9.17) is 0 Å². The third kappa shape index (κ3) is 8.16. The zero-order valence-electron chi connectivity index (χ0n) is 17.6. The number of hydrogen-bond donors (Lipinski definition) is 3. The van der Waals surface area contributed by atoms with E-state index in [2.05, 4.69) is 20.9 Å². The van der Waals surface area contributed by atoms with E-state index in [1.165, 1.54) is 35.6 Å². The smallest absolute Gasteiger partial charge is 0.234 e. The number of nitrogens with zero attached hydrogens (tertiary/aromatic N) is 1. The number of aromatic nitrogens is 1. The Morgan fingerprint density at radius 1 is 0.969 bits per heavy atom. The third-order valence-electron chi connectivity index (χ3n) is 4.24. The number of thiazole rings is 1. The van der Waals surface area contributed by atoms with Gasteiger partial charge in [0.25, 0.3) is 0 Å². The number of benzene rings is 2. The van der Waals surface area contributed by atoms with Gasteiger partial charge < -0.3 is 16.0 Å². The van der Waals surface area contributed by atoms with Crippen molar-refractivity contribution in [2.24, 2.45) is 0 Å². The van der Waals surface area contributed by atoms with Gasteiger partial charge in [-0.15, -0.1) is 11.3 Å². The highest BCUT2D eigenvalue weighted by atomic mass is 32.2. The molecule has 0 saturated carbocycles. The van der Waals surface area contributed by atoms with Gasteiger partial charge in [-0.3, -0.25) is 14.4 Å². The maximum absolute atomic E-state index is 12.2. The zero-order valence-corrected chi connectivity index (χ0v) is 19.2. The first-order chi connectivity index (χ1) is 15.5. The van der Waals surface area contributed by atoms with Gasteiger partial charge in [-0.1, -0.05) is 48.2 Å². The van der Waals surface area contributed by atoms with Crippen molar-refractivity contribution < 1.29 is 14.4 Å². The van der Waals surface area contributed by atoms with Crippen molar-refractivity contribution in [2.45, 2.75) is 24.1 Å². The van der Waals surface area contributed by atoms with Crippen LogP contribution in [0.4, 0.5) is 11.4 Å². The Hall–Kier alpha value is -3.17. The average molecular weight is 469 g/mol. The first kappa shape index (κ1) is 23.5. The second kappa shape index (κ2) is 12.0. The molecule has 3 rings (SSSR count). The Morgan fingerprint density at radius 2 is 1.72 bits per heavy atom. The van der Waals surface area contributed by atoms with E-state index in [0.717, 1.165) is 10.8 Å². The summed E-state index contributed by atoms with van der Waals surface area (Å²) in [5, 5.41) is 10.2. The van der Waals surface area contributed by atoms with Gasteiger partial charge in [-0.05, 0) is 30.2 Å². The second-order valence-electron chi connectivity index (χ2n) is 6.97. The molecule has 0 atom stereocenters. The molecule has 0 aliphatic heterocycles. The number of anilines is 2. The summed E-state index contributed by atoms with van der Waals surface area (Å²) in [6.07, 6.45) is 1.00. The first-order valence-corrected chi connectivity index (χ1v) is 11.9. The van der Waals surface area contributed by atoms with Crippen LogP contribution < -0.4 is 16.0 Å². The van der Waals surface area contributed by atoms with Crippen LogP contribution in [0, 0.1) is 0 Å². The summed E-state index contributed by atoms with van der Waals surface area (Å²) in [6, 6.07) is 17.0. The Balaban J connectivity index is 1.39. The fourth-order valence-electron chi connectivity index (χ4n) is 2.86. The zero-order chi connectivity index (χ0) is 22.8. The van der Waals surface area contributed by atoms with E-state index in [0.29, 0.717) is 23.6 Å². The van der Waals surface area contributed by atoms with Gasteiger partial charge in [0, 0.05) is 30.2 Å². The third-order valence-corrected chi connectivity index (χ3v) is 6.31. The van der Waals surface area contributed by atoms with Crippen molar-refractivity contribution in [1.82, 2.24) is 10.3 Å². The number of carbonyl (C=O) groups is 3. The number of amides is 3. The van der Waals surface area contributed by atoms with E-state index in [1.54, 1.807) is 24.3 Å². The number of nitrogens with one attached hydrogen (secondary N) is 3. The van der Waals surface area contributed by atoms with Crippen molar-refractivity contribution in [1.29, 1.82) is 0 Å². The van der Waals surface area contributed by atoms with E-state index >= 15 is 0 Å². The summed E-state index contributed by atoms with van der Waals surface area (Å²) in [5.41, 5.74) is 3.10. The number of carbonyl (C=O) groups excluding carboxylic acids is 3. The molecule has 166 valence electrons.